The van der Waals surface area contributed by atoms with Crippen LogP contribution in [0, 0.1) is 11.6 Å². The minimum atomic E-state index is -0.889. The highest BCUT2D eigenvalue weighted by atomic mass is 35.5. The number of carbonyl (C=O) groups excluding carboxylic acids is 1. The highest BCUT2D eigenvalue weighted by Gasteiger charge is 2.25. The number of halogens is 3. The molecule has 0 radical (unpaired) electrons. The van der Waals surface area contributed by atoms with E-state index in [1.54, 1.807) is 0 Å². The van der Waals surface area contributed by atoms with Crippen molar-refractivity contribution in [3.63, 3.8) is 0 Å². The van der Waals surface area contributed by atoms with Crippen LogP contribution in [0.5, 0.6) is 0 Å². The Morgan fingerprint density at radius 2 is 2.10 bits per heavy atom. The molecule has 21 heavy (non-hydrogen) atoms. The quantitative estimate of drug-likeness (QED) is 0.860. The van der Waals surface area contributed by atoms with Gasteiger partial charge in [-0.05, 0) is 37.5 Å². The van der Waals surface area contributed by atoms with Crippen molar-refractivity contribution in [3.8, 4) is 0 Å². The fourth-order valence-corrected chi connectivity index (χ4v) is 3.18. The summed E-state index contributed by atoms with van der Waals surface area (Å²) < 4.78 is 25.9. The lowest BCUT2D eigenvalue weighted by Crippen LogP contribution is -2.48. The van der Waals surface area contributed by atoms with Crippen molar-refractivity contribution in [2.24, 2.45) is 5.73 Å². The first kappa shape index (κ1) is 18.2. The molecule has 1 atom stereocenters. The monoisotopic (exact) mass is 336 g/mol. The van der Waals surface area contributed by atoms with E-state index in [1.165, 1.54) is 17.8 Å². The third-order valence-corrected chi connectivity index (χ3v) is 4.45. The molecule has 0 aromatic heterocycles. The number of rotatable bonds is 4. The first-order valence-corrected chi connectivity index (χ1v) is 7.67. The van der Waals surface area contributed by atoms with Gasteiger partial charge in [0.2, 0.25) is 5.91 Å². The summed E-state index contributed by atoms with van der Waals surface area (Å²) >= 11 is 1.22. The highest BCUT2D eigenvalue weighted by Crippen LogP contribution is 2.23. The Hall–Kier alpha value is -0.850. The van der Waals surface area contributed by atoms with Gasteiger partial charge in [0.25, 0.3) is 0 Å². The summed E-state index contributed by atoms with van der Waals surface area (Å²) in [5.74, 6) is -1.53. The molecule has 0 spiro atoms. The molecule has 1 aliphatic rings. The van der Waals surface area contributed by atoms with Gasteiger partial charge in [0, 0.05) is 24.0 Å². The summed E-state index contributed by atoms with van der Waals surface area (Å²) in [4.78, 5) is 14.5. The number of nitrogens with zero attached hydrogens (tertiary/aromatic N) is 1. The van der Waals surface area contributed by atoms with Gasteiger partial charge in [0.05, 0.1) is 5.75 Å². The number of hydrogen-bond donors (Lipinski definition) is 1. The molecule has 1 aliphatic heterocycles. The Labute approximate surface area is 133 Å². The minimum Gasteiger partial charge on any atom is -0.338 e. The van der Waals surface area contributed by atoms with Crippen LogP contribution in [0.4, 0.5) is 8.78 Å². The Kier molecular flexibility index (Phi) is 7.42. The average molecular weight is 337 g/mol. The molecule has 1 saturated heterocycles. The van der Waals surface area contributed by atoms with Crippen molar-refractivity contribution in [3.05, 3.63) is 29.8 Å². The number of nitrogens with two attached hydrogens (primary N) is 1. The molecule has 1 fully saturated rings. The summed E-state index contributed by atoms with van der Waals surface area (Å²) in [6.45, 7) is 1.21. The molecule has 0 saturated carbocycles. The largest absolute Gasteiger partial charge is 0.338 e. The van der Waals surface area contributed by atoms with E-state index in [-0.39, 0.29) is 30.1 Å². The van der Waals surface area contributed by atoms with Crippen molar-refractivity contribution in [2.75, 3.05) is 18.8 Å². The van der Waals surface area contributed by atoms with Gasteiger partial charge in [-0.25, -0.2) is 8.78 Å². The number of piperidine rings is 1. The first-order chi connectivity index (χ1) is 9.61. The summed E-state index contributed by atoms with van der Waals surface area (Å²) in [5, 5.41) is 0. The fraction of sp³-hybridized carbons (Fsp3) is 0.500. The SMILES string of the molecule is Cl.NCC1CCCCN1C(=O)CSc1ccc(F)c(F)c1. The molecule has 7 heteroatoms. The minimum absolute atomic E-state index is 0. The second kappa shape index (κ2) is 8.56. The molecule has 1 aromatic rings. The zero-order valence-corrected chi connectivity index (χ0v) is 13.2. The topological polar surface area (TPSA) is 46.3 Å². The number of likely N-dealkylation sites (tertiary alicyclic amines) is 1. The molecule has 1 heterocycles. The third kappa shape index (κ3) is 4.83. The van der Waals surface area contributed by atoms with Crippen LogP contribution in [0.25, 0.3) is 0 Å². The molecule has 2 N–H and O–H groups in total. The van der Waals surface area contributed by atoms with Crippen LogP contribution >= 0.6 is 24.2 Å². The van der Waals surface area contributed by atoms with Crippen LogP contribution in [0.1, 0.15) is 19.3 Å². The summed E-state index contributed by atoms with van der Waals surface area (Å²) in [7, 11) is 0. The van der Waals surface area contributed by atoms with Gasteiger partial charge in [-0.2, -0.15) is 0 Å². The van der Waals surface area contributed by atoms with E-state index in [1.807, 2.05) is 4.90 Å². The molecule has 118 valence electrons. The lowest BCUT2D eigenvalue weighted by Gasteiger charge is -2.35. The van der Waals surface area contributed by atoms with Gasteiger partial charge < -0.3 is 10.6 Å². The van der Waals surface area contributed by atoms with E-state index in [0.717, 1.165) is 37.9 Å². The third-order valence-electron chi connectivity index (χ3n) is 3.47. The second-order valence-corrected chi connectivity index (χ2v) is 5.89. The summed E-state index contributed by atoms with van der Waals surface area (Å²) in [5.41, 5.74) is 5.68. The van der Waals surface area contributed by atoms with Crippen LogP contribution in [-0.4, -0.2) is 35.7 Å². The standard InChI is InChI=1S/C14H18F2N2OS.ClH/c15-12-5-4-11(7-13(12)16)20-9-14(19)18-6-2-1-3-10(18)8-17;/h4-5,7,10H,1-3,6,8-9,17H2;1H. The van der Waals surface area contributed by atoms with Crippen LogP contribution in [0.15, 0.2) is 23.1 Å². The van der Waals surface area contributed by atoms with E-state index in [2.05, 4.69) is 0 Å². The molecule has 0 bridgehead atoms. The Balaban J connectivity index is 0.00000220. The fourth-order valence-electron chi connectivity index (χ4n) is 2.37. The zero-order valence-electron chi connectivity index (χ0n) is 11.6. The molecule has 1 aromatic carbocycles. The van der Waals surface area contributed by atoms with Gasteiger partial charge in [-0.15, -0.1) is 24.2 Å². The molecular formula is C14H19ClF2N2OS. The van der Waals surface area contributed by atoms with Crippen molar-refractivity contribution >= 4 is 30.1 Å². The lowest BCUT2D eigenvalue weighted by molar-refractivity contribution is -0.131. The van der Waals surface area contributed by atoms with Crippen molar-refractivity contribution in [2.45, 2.75) is 30.2 Å². The van der Waals surface area contributed by atoms with Crippen molar-refractivity contribution < 1.29 is 13.6 Å². The lowest BCUT2D eigenvalue weighted by atomic mass is 10.0. The van der Waals surface area contributed by atoms with E-state index >= 15 is 0 Å². The average Bonchev–Trinajstić information content (AvgIpc) is 2.48. The number of carbonyl (C=O) groups is 1. The number of amides is 1. The van der Waals surface area contributed by atoms with Gasteiger partial charge in [-0.1, -0.05) is 0 Å². The van der Waals surface area contributed by atoms with Crippen molar-refractivity contribution in [1.29, 1.82) is 0 Å². The number of hydrogen-bond acceptors (Lipinski definition) is 3. The molecule has 1 unspecified atom stereocenters. The zero-order chi connectivity index (χ0) is 14.5. The molecule has 3 nitrogen and oxygen atoms in total. The molecule has 2 rings (SSSR count). The second-order valence-electron chi connectivity index (χ2n) is 4.84. The highest BCUT2D eigenvalue weighted by molar-refractivity contribution is 8.00. The van der Waals surface area contributed by atoms with Crippen molar-refractivity contribution in [1.82, 2.24) is 4.90 Å². The van der Waals surface area contributed by atoms with Crippen LogP contribution in [0.2, 0.25) is 0 Å². The van der Waals surface area contributed by atoms with E-state index in [4.69, 9.17) is 5.73 Å². The van der Waals surface area contributed by atoms with E-state index < -0.39 is 11.6 Å². The maximum absolute atomic E-state index is 13.1. The normalized spacial score (nSPS) is 18.2. The number of thioether (sulfide) groups is 1. The Bertz CT molecular complexity index is 490. The first-order valence-electron chi connectivity index (χ1n) is 6.69. The van der Waals surface area contributed by atoms with E-state index in [0.29, 0.717) is 11.4 Å². The summed E-state index contributed by atoms with van der Waals surface area (Å²) in [6, 6.07) is 3.78. The van der Waals surface area contributed by atoms with Crippen LogP contribution in [0.3, 0.4) is 0 Å². The Morgan fingerprint density at radius 3 is 2.76 bits per heavy atom. The molecule has 1 amide bonds. The van der Waals surface area contributed by atoms with Gasteiger partial charge in [0.15, 0.2) is 11.6 Å². The van der Waals surface area contributed by atoms with Gasteiger partial charge in [-0.3, -0.25) is 4.79 Å². The van der Waals surface area contributed by atoms with Crippen LogP contribution < -0.4 is 5.73 Å². The van der Waals surface area contributed by atoms with Gasteiger partial charge in [0.1, 0.15) is 0 Å². The predicted octanol–water partition coefficient (Wildman–Crippen LogP) is 2.82. The van der Waals surface area contributed by atoms with Crippen LogP contribution in [-0.2, 0) is 4.79 Å². The predicted molar refractivity (Wildman–Crippen MR) is 82.7 cm³/mol. The van der Waals surface area contributed by atoms with Gasteiger partial charge >= 0.3 is 0 Å². The Morgan fingerprint density at radius 1 is 1.33 bits per heavy atom. The molecule has 0 aliphatic carbocycles. The van der Waals surface area contributed by atoms with E-state index in [9.17, 15) is 13.6 Å². The molecular weight excluding hydrogens is 318 g/mol. The maximum Gasteiger partial charge on any atom is 0.233 e. The maximum atomic E-state index is 13.1. The summed E-state index contributed by atoms with van der Waals surface area (Å²) in [6.07, 6.45) is 3.04. The smallest absolute Gasteiger partial charge is 0.233 e. The number of benzene rings is 1.